The van der Waals surface area contributed by atoms with E-state index >= 15 is 0 Å². The molecular formula is C30H39N9O3. The van der Waals surface area contributed by atoms with E-state index in [9.17, 15) is 14.4 Å². The van der Waals surface area contributed by atoms with Crippen molar-refractivity contribution in [2.45, 2.75) is 32.2 Å². The molecule has 2 heterocycles. The Kier molecular flexibility index (Phi) is 9.92. The Morgan fingerprint density at radius 1 is 0.952 bits per heavy atom. The second-order valence-corrected chi connectivity index (χ2v) is 10.4. The summed E-state index contributed by atoms with van der Waals surface area (Å²) >= 11 is 0. The van der Waals surface area contributed by atoms with E-state index in [2.05, 4.69) is 35.6 Å². The fraction of sp³-hybridized carbons (Fsp3) is 0.367. The van der Waals surface area contributed by atoms with Gasteiger partial charge in [-0.25, -0.2) is 0 Å². The molecule has 2 aromatic heterocycles. The molecule has 0 saturated heterocycles. The number of nitrogens with one attached hydrogen (secondary N) is 1. The second-order valence-electron chi connectivity index (χ2n) is 10.4. The minimum Gasteiger partial charge on any atom is -0.370 e. The quantitative estimate of drug-likeness (QED) is 0.156. The summed E-state index contributed by atoms with van der Waals surface area (Å²) in [7, 11) is 3.71. The summed E-state index contributed by atoms with van der Waals surface area (Å²) in [6.45, 7) is 1.25. The van der Waals surface area contributed by atoms with Crippen molar-refractivity contribution >= 4 is 51.3 Å². The molecule has 0 bridgehead atoms. The van der Waals surface area contributed by atoms with E-state index in [-0.39, 0.29) is 25.2 Å². The molecule has 0 radical (unpaired) electrons. The molecular weight excluding hydrogens is 534 g/mol. The van der Waals surface area contributed by atoms with Gasteiger partial charge < -0.3 is 36.9 Å². The van der Waals surface area contributed by atoms with Crippen LogP contribution in [0.15, 0.2) is 48.5 Å². The van der Waals surface area contributed by atoms with E-state index < -0.39 is 17.7 Å². The minimum absolute atomic E-state index is 0.000914. The highest BCUT2D eigenvalue weighted by molar-refractivity contribution is 6.02. The summed E-state index contributed by atoms with van der Waals surface area (Å²) in [5, 5.41) is 6.32. The first-order chi connectivity index (χ1) is 20.2. The number of benzene rings is 2. The number of nitrogens with two attached hydrogens (primary N) is 3. The van der Waals surface area contributed by atoms with Crippen molar-refractivity contribution in [2.24, 2.45) is 17.2 Å². The maximum atomic E-state index is 13.8. The summed E-state index contributed by atoms with van der Waals surface area (Å²) in [6, 6.07) is 16.3. The number of nitrogens with zero attached hydrogens (tertiary/aromatic N) is 5. The average molecular weight is 574 g/mol. The van der Waals surface area contributed by atoms with Gasteiger partial charge in [0.15, 0.2) is 0 Å². The zero-order valence-electron chi connectivity index (χ0n) is 24.2. The molecule has 12 nitrogen and oxygen atoms in total. The molecule has 2 aromatic carbocycles. The molecule has 222 valence electrons. The molecule has 0 aliphatic heterocycles. The first-order valence-corrected chi connectivity index (χ1v) is 14.0. The highest BCUT2D eigenvalue weighted by atomic mass is 16.2. The van der Waals surface area contributed by atoms with Gasteiger partial charge in [0, 0.05) is 40.2 Å². The average Bonchev–Trinajstić information content (AvgIpc) is 3.32. The van der Waals surface area contributed by atoms with Crippen molar-refractivity contribution in [3.05, 3.63) is 59.8 Å². The molecule has 0 aliphatic carbocycles. The maximum Gasteiger partial charge on any atom is 0.271 e. The van der Waals surface area contributed by atoms with Crippen molar-refractivity contribution in [3.63, 3.8) is 0 Å². The standard InChI is InChI=1S/C30H39N9O3/c1-37(2)27-23-18-24(29(42)38(19-26(33)41)15-6-5-13-31)39(16-12-25(32)40)28(23)36-30(35-27)34-14-11-20-9-10-21-7-3-4-8-22(21)17-20/h3-4,7-10,17-18H,5-6,11-16,19,31H2,1-2H3,(H2,32,40)(H2,33,41)(H,34,35,36). The van der Waals surface area contributed by atoms with E-state index in [4.69, 9.17) is 27.2 Å². The van der Waals surface area contributed by atoms with Gasteiger partial charge in [-0.1, -0.05) is 42.5 Å². The van der Waals surface area contributed by atoms with Crippen molar-refractivity contribution in [1.82, 2.24) is 19.4 Å². The van der Waals surface area contributed by atoms with Crippen molar-refractivity contribution in [3.8, 4) is 0 Å². The number of aryl methyl sites for hydroxylation is 1. The number of fused-ring (bicyclic) bond motifs is 2. The normalized spacial score (nSPS) is 11.1. The molecule has 12 heteroatoms. The van der Waals surface area contributed by atoms with E-state index in [0.717, 1.165) is 6.42 Å². The number of amides is 3. The summed E-state index contributed by atoms with van der Waals surface area (Å²) in [6.07, 6.45) is 2.06. The van der Waals surface area contributed by atoms with Crippen LogP contribution in [0.25, 0.3) is 21.8 Å². The lowest BCUT2D eigenvalue weighted by Crippen LogP contribution is -2.40. The van der Waals surface area contributed by atoms with Crippen LogP contribution in [0.1, 0.15) is 35.3 Å². The van der Waals surface area contributed by atoms with E-state index in [0.29, 0.717) is 55.3 Å². The molecule has 4 aromatic rings. The van der Waals surface area contributed by atoms with Gasteiger partial charge in [0.2, 0.25) is 17.8 Å². The monoisotopic (exact) mass is 573 g/mol. The van der Waals surface area contributed by atoms with Crippen LogP contribution in [0.2, 0.25) is 0 Å². The Hall–Kier alpha value is -4.71. The molecule has 4 rings (SSSR count). The topological polar surface area (TPSA) is 178 Å². The van der Waals surface area contributed by atoms with Crippen molar-refractivity contribution in [2.75, 3.05) is 50.5 Å². The van der Waals surface area contributed by atoms with Gasteiger partial charge in [-0.05, 0) is 48.2 Å². The fourth-order valence-corrected chi connectivity index (χ4v) is 4.92. The van der Waals surface area contributed by atoms with E-state index in [1.54, 1.807) is 10.6 Å². The van der Waals surface area contributed by atoms with Gasteiger partial charge in [-0.2, -0.15) is 9.97 Å². The maximum absolute atomic E-state index is 13.8. The highest BCUT2D eigenvalue weighted by Crippen LogP contribution is 2.29. The molecule has 42 heavy (non-hydrogen) atoms. The number of primary amides is 2. The fourth-order valence-electron chi connectivity index (χ4n) is 4.92. The van der Waals surface area contributed by atoms with Gasteiger partial charge in [0.1, 0.15) is 17.2 Å². The molecule has 0 saturated carbocycles. The predicted octanol–water partition coefficient (Wildman–Crippen LogP) is 1.85. The van der Waals surface area contributed by atoms with Crippen LogP contribution >= 0.6 is 0 Å². The van der Waals surface area contributed by atoms with E-state index in [1.807, 2.05) is 31.1 Å². The third-order valence-electron chi connectivity index (χ3n) is 6.98. The number of unbranched alkanes of at least 4 members (excludes halogenated alkanes) is 1. The Bertz CT molecular complexity index is 1580. The molecule has 0 fully saturated rings. The predicted molar refractivity (Wildman–Crippen MR) is 165 cm³/mol. The molecule has 0 unspecified atom stereocenters. The molecule has 0 atom stereocenters. The highest BCUT2D eigenvalue weighted by Gasteiger charge is 2.26. The zero-order chi connectivity index (χ0) is 30.2. The van der Waals surface area contributed by atoms with Gasteiger partial charge in [0.05, 0.1) is 11.9 Å². The van der Waals surface area contributed by atoms with Gasteiger partial charge >= 0.3 is 0 Å². The number of carbonyl (C=O) groups is 3. The van der Waals surface area contributed by atoms with Crippen LogP contribution in [0.3, 0.4) is 0 Å². The van der Waals surface area contributed by atoms with Crippen LogP contribution in [0, 0.1) is 0 Å². The van der Waals surface area contributed by atoms with E-state index in [1.165, 1.54) is 21.2 Å². The van der Waals surface area contributed by atoms with Crippen LogP contribution in [-0.4, -0.2) is 77.4 Å². The molecule has 0 aliphatic rings. The summed E-state index contributed by atoms with van der Waals surface area (Å²) in [5.41, 5.74) is 18.5. The zero-order valence-corrected chi connectivity index (χ0v) is 24.2. The lowest BCUT2D eigenvalue weighted by atomic mass is 10.1. The van der Waals surface area contributed by atoms with Gasteiger partial charge in [0.25, 0.3) is 5.91 Å². The smallest absolute Gasteiger partial charge is 0.271 e. The largest absolute Gasteiger partial charge is 0.370 e. The Labute approximate surface area is 244 Å². The number of rotatable bonds is 15. The van der Waals surface area contributed by atoms with Crippen molar-refractivity contribution in [1.29, 1.82) is 0 Å². The number of anilines is 2. The van der Waals surface area contributed by atoms with Crippen LogP contribution < -0.4 is 27.4 Å². The molecule has 0 spiro atoms. The SMILES string of the molecule is CN(C)c1nc(NCCc2ccc3ccccc3c2)nc2c1cc(C(=O)N(CCCCN)CC(N)=O)n2CCC(N)=O. The van der Waals surface area contributed by atoms with Crippen LogP contribution in [-0.2, 0) is 22.6 Å². The van der Waals surface area contributed by atoms with Crippen molar-refractivity contribution < 1.29 is 14.4 Å². The number of hydrogen-bond acceptors (Lipinski definition) is 8. The Morgan fingerprint density at radius 2 is 1.71 bits per heavy atom. The summed E-state index contributed by atoms with van der Waals surface area (Å²) in [4.78, 5) is 50.1. The first kappa shape index (κ1) is 30.3. The molecule has 7 N–H and O–H groups in total. The van der Waals surface area contributed by atoms with Gasteiger partial charge in [-0.3, -0.25) is 14.4 Å². The Morgan fingerprint density at radius 3 is 2.40 bits per heavy atom. The third kappa shape index (κ3) is 7.32. The van der Waals surface area contributed by atoms with Crippen LogP contribution in [0.5, 0.6) is 0 Å². The number of carbonyl (C=O) groups excluding carboxylic acids is 3. The summed E-state index contributed by atoms with van der Waals surface area (Å²) in [5.74, 6) is -0.541. The van der Waals surface area contributed by atoms with Gasteiger partial charge in [-0.15, -0.1) is 0 Å². The lowest BCUT2D eigenvalue weighted by molar-refractivity contribution is -0.119. The number of aromatic nitrogens is 3. The first-order valence-electron chi connectivity index (χ1n) is 14.0. The number of hydrogen-bond donors (Lipinski definition) is 4. The summed E-state index contributed by atoms with van der Waals surface area (Å²) < 4.78 is 1.67. The minimum atomic E-state index is -0.623. The third-order valence-corrected chi connectivity index (χ3v) is 6.98. The second kappa shape index (κ2) is 13.8. The molecule has 3 amide bonds. The lowest BCUT2D eigenvalue weighted by Gasteiger charge is -2.22. The Balaban J connectivity index is 1.67. The van der Waals surface area contributed by atoms with Crippen LogP contribution in [0.4, 0.5) is 11.8 Å².